The lowest BCUT2D eigenvalue weighted by molar-refractivity contribution is 0.0937. The van der Waals surface area contributed by atoms with Gasteiger partial charge in [0.2, 0.25) is 0 Å². The summed E-state index contributed by atoms with van der Waals surface area (Å²) in [5.41, 5.74) is 2.54. The highest BCUT2D eigenvalue weighted by Gasteiger charge is 2.29. The highest BCUT2D eigenvalue weighted by atomic mass is 16.5. The lowest BCUT2D eigenvalue weighted by Crippen LogP contribution is -2.30. The molecule has 1 N–H and O–H groups in total. The zero-order chi connectivity index (χ0) is 15.7. The molecule has 116 valence electrons. The van der Waals surface area contributed by atoms with E-state index in [9.17, 15) is 4.79 Å². The fourth-order valence-electron chi connectivity index (χ4n) is 2.44. The van der Waals surface area contributed by atoms with E-state index in [2.05, 4.69) is 10.4 Å². The minimum absolute atomic E-state index is 0.100. The molecule has 1 fully saturated rings. The molecule has 1 aliphatic rings. The number of carbonyl (C=O) groups is 1. The summed E-state index contributed by atoms with van der Waals surface area (Å²) in [4.78, 5) is 12.2. The number of carbonyl (C=O) groups excluding carboxylic acids is 1. The minimum Gasteiger partial charge on any atom is -0.497 e. The fourth-order valence-corrected chi connectivity index (χ4v) is 2.44. The molecule has 2 aromatic rings. The maximum Gasteiger partial charge on any atom is 0.272 e. The third kappa shape index (κ3) is 2.98. The quantitative estimate of drug-likeness (QED) is 0.923. The SMILES string of the molecule is COc1ccc(-n2nc(C(=O)NC(C)C)cc2C2CC2)cc1. The molecule has 1 aliphatic carbocycles. The van der Waals surface area contributed by atoms with Crippen LogP contribution in [0, 0.1) is 0 Å². The molecule has 0 atom stereocenters. The van der Waals surface area contributed by atoms with Gasteiger partial charge in [-0.05, 0) is 57.0 Å². The van der Waals surface area contributed by atoms with Crippen molar-refractivity contribution in [3.63, 3.8) is 0 Å². The number of rotatable bonds is 5. The second-order valence-corrected chi connectivity index (χ2v) is 5.97. The van der Waals surface area contributed by atoms with Crippen LogP contribution in [-0.4, -0.2) is 28.8 Å². The van der Waals surface area contributed by atoms with E-state index in [0.717, 1.165) is 30.0 Å². The van der Waals surface area contributed by atoms with Gasteiger partial charge in [-0.25, -0.2) is 4.68 Å². The number of hydrogen-bond acceptors (Lipinski definition) is 3. The van der Waals surface area contributed by atoms with Gasteiger partial charge in [-0.2, -0.15) is 5.10 Å². The van der Waals surface area contributed by atoms with Gasteiger partial charge in [-0.1, -0.05) is 0 Å². The van der Waals surface area contributed by atoms with Gasteiger partial charge in [0.25, 0.3) is 5.91 Å². The summed E-state index contributed by atoms with van der Waals surface area (Å²) in [6.45, 7) is 3.89. The highest BCUT2D eigenvalue weighted by Crippen LogP contribution is 2.41. The van der Waals surface area contributed by atoms with Crippen molar-refractivity contribution < 1.29 is 9.53 Å². The predicted molar refractivity (Wildman–Crippen MR) is 84.7 cm³/mol. The number of nitrogens with zero attached hydrogens (tertiary/aromatic N) is 2. The summed E-state index contributed by atoms with van der Waals surface area (Å²) < 4.78 is 7.07. The molecule has 1 amide bonds. The van der Waals surface area contributed by atoms with Gasteiger partial charge in [0.05, 0.1) is 12.8 Å². The van der Waals surface area contributed by atoms with E-state index >= 15 is 0 Å². The molecule has 0 unspecified atom stereocenters. The Kier molecular flexibility index (Phi) is 3.88. The summed E-state index contributed by atoms with van der Waals surface area (Å²) in [6.07, 6.45) is 2.32. The molecule has 0 radical (unpaired) electrons. The monoisotopic (exact) mass is 299 g/mol. The molecule has 5 nitrogen and oxygen atoms in total. The summed E-state index contributed by atoms with van der Waals surface area (Å²) in [5, 5.41) is 7.41. The normalized spacial score (nSPS) is 14.2. The molecule has 1 aromatic heterocycles. The van der Waals surface area contributed by atoms with Crippen molar-refractivity contribution in [2.45, 2.75) is 38.6 Å². The summed E-state index contributed by atoms with van der Waals surface area (Å²) in [5.74, 6) is 1.20. The molecule has 22 heavy (non-hydrogen) atoms. The van der Waals surface area contributed by atoms with Crippen LogP contribution in [0.25, 0.3) is 5.69 Å². The number of hydrogen-bond donors (Lipinski definition) is 1. The Bertz CT molecular complexity index is 670. The first kappa shape index (κ1) is 14.6. The van der Waals surface area contributed by atoms with E-state index in [0.29, 0.717) is 11.6 Å². The second-order valence-electron chi connectivity index (χ2n) is 5.97. The van der Waals surface area contributed by atoms with E-state index < -0.39 is 0 Å². The first-order chi connectivity index (χ1) is 10.6. The number of ether oxygens (including phenoxy) is 1. The largest absolute Gasteiger partial charge is 0.497 e. The molecule has 1 saturated carbocycles. The maximum atomic E-state index is 12.2. The van der Waals surface area contributed by atoms with Crippen LogP contribution in [0.3, 0.4) is 0 Å². The average Bonchev–Trinajstić information content (AvgIpc) is 3.25. The Morgan fingerprint density at radius 2 is 2.00 bits per heavy atom. The Labute approximate surface area is 130 Å². The van der Waals surface area contributed by atoms with E-state index in [4.69, 9.17) is 4.74 Å². The van der Waals surface area contributed by atoms with Crippen LogP contribution in [0.15, 0.2) is 30.3 Å². The zero-order valence-corrected chi connectivity index (χ0v) is 13.2. The van der Waals surface area contributed by atoms with Crippen LogP contribution in [-0.2, 0) is 0 Å². The summed E-state index contributed by atoms with van der Waals surface area (Å²) in [7, 11) is 1.65. The minimum atomic E-state index is -0.121. The van der Waals surface area contributed by atoms with Gasteiger partial charge in [0.1, 0.15) is 5.75 Å². The van der Waals surface area contributed by atoms with Crippen molar-refractivity contribution in [1.29, 1.82) is 0 Å². The number of benzene rings is 1. The zero-order valence-electron chi connectivity index (χ0n) is 13.2. The van der Waals surface area contributed by atoms with Crippen LogP contribution < -0.4 is 10.1 Å². The number of aromatic nitrogens is 2. The van der Waals surface area contributed by atoms with Gasteiger partial charge >= 0.3 is 0 Å². The summed E-state index contributed by atoms with van der Waals surface area (Å²) >= 11 is 0. The third-order valence-electron chi connectivity index (χ3n) is 3.70. The third-order valence-corrected chi connectivity index (χ3v) is 3.70. The van der Waals surface area contributed by atoms with Crippen molar-refractivity contribution in [3.8, 4) is 11.4 Å². The van der Waals surface area contributed by atoms with E-state index in [1.54, 1.807) is 7.11 Å². The smallest absolute Gasteiger partial charge is 0.272 e. The van der Waals surface area contributed by atoms with Crippen LogP contribution in [0.1, 0.15) is 48.8 Å². The van der Waals surface area contributed by atoms with Crippen molar-refractivity contribution in [3.05, 3.63) is 41.7 Å². The van der Waals surface area contributed by atoms with Crippen LogP contribution in [0.5, 0.6) is 5.75 Å². The molecule has 0 bridgehead atoms. The van der Waals surface area contributed by atoms with Gasteiger partial charge in [-0.15, -0.1) is 0 Å². The topological polar surface area (TPSA) is 56.2 Å². The molecular weight excluding hydrogens is 278 g/mol. The first-order valence-corrected chi connectivity index (χ1v) is 7.63. The van der Waals surface area contributed by atoms with Gasteiger partial charge in [0, 0.05) is 17.7 Å². The van der Waals surface area contributed by atoms with Crippen LogP contribution in [0.2, 0.25) is 0 Å². The Morgan fingerprint density at radius 3 is 2.55 bits per heavy atom. The van der Waals surface area contributed by atoms with Crippen molar-refractivity contribution in [2.75, 3.05) is 7.11 Å². The van der Waals surface area contributed by atoms with E-state index in [-0.39, 0.29) is 11.9 Å². The number of amides is 1. The number of methoxy groups -OCH3 is 1. The van der Waals surface area contributed by atoms with Crippen molar-refractivity contribution in [1.82, 2.24) is 15.1 Å². The van der Waals surface area contributed by atoms with Gasteiger partial charge in [-0.3, -0.25) is 4.79 Å². The molecule has 0 saturated heterocycles. The van der Waals surface area contributed by atoms with E-state index in [1.165, 1.54) is 0 Å². The molecular formula is C17H21N3O2. The Morgan fingerprint density at radius 1 is 1.32 bits per heavy atom. The molecule has 1 aromatic carbocycles. The molecule has 0 aliphatic heterocycles. The molecule has 3 rings (SSSR count). The Balaban J connectivity index is 1.94. The maximum absolute atomic E-state index is 12.2. The standard InChI is InChI=1S/C17H21N3O2/c1-11(2)18-17(21)15-10-16(12-4-5-12)20(19-15)13-6-8-14(22-3)9-7-13/h6-12H,4-5H2,1-3H3,(H,18,21). The average molecular weight is 299 g/mol. The molecule has 1 heterocycles. The first-order valence-electron chi connectivity index (χ1n) is 7.63. The second kappa shape index (κ2) is 5.83. The molecule has 0 spiro atoms. The molecule has 5 heteroatoms. The van der Waals surface area contributed by atoms with E-state index in [1.807, 2.05) is 48.9 Å². The van der Waals surface area contributed by atoms with Crippen LogP contribution >= 0.6 is 0 Å². The lowest BCUT2D eigenvalue weighted by atomic mass is 10.2. The van der Waals surface area contributed by atoms with Gasteiger partial charge < -0.3 is 10.1 Å². The highest BCUT2D eigenvalue weighted by molar-refractivity contribution is 5.92. The number of nitrogens with one attached hydrogen (secondary N) is 1. The Hall–Kier alpha value is -2.30. The van der Waals surface area contributed by atoms with Gasteiger partial charge in [0.15, 0.2) is 5.69 Å². The fraction of sp³-hybridized carbons (Fsp3) is 0.412. The van der Waals surface area contributed by atoms with Crippen LogP contribution in [0.4, 0.5) is 0 Å². The van der Waals surface area contributed by atoms with Crippen molar-refractivity contribution in [2.24, 2.45) is 0 Å². The predicted octanol–water partition coefficient (Wildman–Crippen LogP) is 2.90. The summed E-state index contributed by atoms with van der Waals surface area (Å²) in [6, 6.07) is 9.75. The van der Waals surface area contributed by atoms with Crippen molar-refractivity contribution >= 4 is 5.91 Å². The lowest BCUT2D eigenvalue weighted by Gasteiger charge is -2.07.